The lowest BCUT2D eigenvalue weighted by Crippen LogP contribution is -2.20. The van der Waals surface area contributed by atoms with Crippen molar-refractivity contribution in [1.82, 2.24) is 4.98 Å². The molecular formula is C20H18N2O2. The Hall–Kier alpha value is -3.01. The highest BCUT2D eigenvalue weighted by molar-refractivity contribution is 6.36. The van der Waals surface area contributed by atoms with Crippen LogP contribution in [0.1, 0.15) is 16.7 Å². The lowest BCUT2D eigenvalue weighted by molar-refractivity contribution is -0.112. The zero-order chi connectivity index (χ0) is 16.8. The molecular weight excluding hydrogens is 300 g/mol. The van der Waals surface area contributed by atoms with Gasteiger partial charge in [-0.1, -0.05) is 18.2 Å². The minimum absolute atomic E-state index is 0.0182. The van der Waals surface area contributed by atoms with E-state index >= 15 is 0 Å². The van der Waals surface area contributed by atoms with Gasteiger partial charge in [0.1, 0.15) is 5.75 Å². The molecule has 0 fully saturated rings. The maximum atomic E-state index is 12.6. The van der Waals surface area contributed by atoms with Gasteiger partial charge < -0.3 is 14.6 Å². The molecule has 0 bridgehead atoms. The molecule has 4 nitrogen and oxygen atoms in total. The molecule has 4 rings (SSSR count). The number of para-hydroxylation sites is 1. The second-order valence-corrected chi connectivity index (χ2v) is 6.05. The van der Waals surface area contributed by atoms with Crippen molar-refractivity contribution >= 4 is 34.1 Å². The molecule has 2 aromatic carbocycles. The van der Waals surface area contributed by atoms with E-state index in [9.17, 15) is 4.79 Å². The number of H-pyrrole nitrogens is 1. The first-order valence-electron chi connectivity index (χ1n) is 7.85. The fourth-order valence-corrected chi connectivity index (χ4v) is 3.31. The predicted molar refractivity (Wildman–Crippen MR) is 97.3 cm³/mol. The first kappa shape index (κ1) is 14.6. The van der Waals surface area contributed by atoms with Crippen LogP contribution in [0.25, 0.3) is 22.6 Å². The number of nitrogens with zero attached hydrogens (tertiary/aromatic N) is 1. The average Bonchev–Trinajstić information content (AvgIpc) is 3.09. The van der Waals surface area contributed by atoms with Gasteiger partial charge in [-0.05, 0) is 36.8 Å². The molecule has 1 aliphatic rings. The third kappa shape index (κ3) is 2.03. The number of ether oxygens (including phenoxy) is 1. The van der Waals surface area contributed by atoms with Crippen LogP contribution >= 0.6 is 0 Å². The smallest absolute Gasteiger partial charge is 0.258 e. The van der Waals surface area contributed by atoms with E-state index in [1.165, 1.54) is 0 Å². The molecule has 2 heterocycles. The second kappa shape index (κ2) is 5.27. The zero-order valence-corrected chi connectivity index (χ0v) is 13.9. The summed E-state index contributed by atoms with van der Waals surface area (Å²) in [5, 5.41) is 1.05. The number of aryl methyl sites for hydroxylation is 1. The van der Waals surface area contributed by atoms with Crippen LogP contribution in [0.2, 0.25) is 0 Å². The van der Waals surface area contributed by atoms with E-state index in [-0.39, 0.29) is 5.91 Å². The van der Waals surface area contributed by atoms with Gasteiger partial charge in [-0.15, -0.1) is 0 Å². The van der Waals surface area contributed by atoms with E-state index in [2.05, 4.69) is 11.1 Å². The minimum atomic E-state index is 0.0182. The first-order valence-corrected chi connectivity index (χ1v) is 7.85. The van der Waals surface area contributed by atoms with Gasteiger partial charge >= 0.3 is 0 Å². The number of methoxy groups -OCH3 is 1. The van der Waals surface area contributed by atoms with Crippen LogP contribution < -0.4 is 9.64 Å². The van der Waals surface area contributed by atoms with Gasteiger partial charge in [0.25, 0.3) is 5.91 Å². The van der Waals surface area contributed by atoms with Crippen molar-refractivity contribution in [2.24, 2.45) is 0 Å². The highest BCUT2D eigenvalue weighted by Gasteiger charge is 2.29. The van der Waals surface area contributed by atoms with E-state index in [0.717, 1.165) is 39.0 Å². The number of anilines is 1. The van der Waals surface area contributed by atoms with Crippen LogP contribution in [0.5, 0.6) is 5.75 Å². The molecule has 0 atom stereocenters. The maximum Gasteiger partial charge on any atom is 0.258 e. The molecule has 0 spiro atoms. The summed E-state index contributed by atoms with van der Waals surface area (Å²) in [5.41, 5.74) is 5.73. The van der Waals surface area contributed by atoms with Gasteiger partial charge in [0.15, 0.2) is 0 Å². The molecule has 4 heteroatoms. The molecule has 0 unspecified atom stereocenters. The van der Waals surface area contributed by atoms with Crippen molar-refractivity contribution in [3.8, 4) is 5.75 Å². The number of hydrogen-bond acceptors (Lipinski definition) is 2. The zero-order valence-electron chi connectivity index (χ0n) is 13.9. The second-order valence-electron chi connectivity index (χ2n) is 6.05. The summed E-state index contributed by atoms with van der Waals surface area (Å²) in [7, 11) is 3.48. The van der Waals surface area contributed by atoms with E-state index in [4.69, 9.17) is 4.74 Å². The molecule has 1 aromatic heterocycles. The van der Waals surface area contributed by atoms with Crippen molar-refractivity contribution in [1.29, 1.82) is 0 Å². The minimum Gasteiger partial charge on any atom is -0.496 e. The molecule has 0 saturated carbocycles. The number of nitrogens with one attached hydrogen (secondary N) is 1. The Bertz CT molecular complexity index is 998. The lowest BCUT2D eigenvalue weighted by Gasteiger charge is -2.08. The number of aromatic nitrogens is 1. The van der Waals surface area contributed by atoms with Crippen molar-refractivity contribution in [2.75, 3.05) is 19.1 Å². The molecule has 0 saturated heterocycles. The van der Waals surface area contributed by atoms with Gasteiger partial charge in [-0.2, -0.15) is 0 Å². The van der Waals surface area contributed by atoms with Gasteiger partial charge in [-0.25, -0.2) is 0 Å². The Morgan fingerprint density at radius 3 is 2.79 bits per heavy atom. The van der Waals surface area contributed by atoms with Crippen LogP contribution in [0.15, 0.2) is 42.6 Å². The topological polar surface area (TPSA) is 45.3 Å². The Morgan fingerprint density at radius 1 is 1.21 bits per heavy atom. The van der Waals surface area contributed by atoms with E-state index < -0.39 is 0 Å². The predicted octanol–water partition coefficient (Wildman–Crippen LogP) is 4.00. The van der Waals surface area contributed by atoms with E-state index in [0.29, 0.717) is 5.57 Å². The summed E-state index contributed by atoms with van der Waals surface area (Å²) >= 11 is 0. The summed E-state index contributed by atoms with van der Waals surface area (Å²) in [4.78, 5) is 17.6. The number of carbonyl (C=O) groups is 1. The number of carbonyl (C=O) groups excluding carboxylic acids is 1. The number of aromatic amines is 1. The number of amides is 1. The summed E-state index contributed by atoms with van der Waals surface area (Å²) in [6.07, 6.45) is 3.89. The molecule has 1 amide bonds. The molecule has 1 N–H and O–H groups in total. The Balaban J connectivity index is 1.90. The summed E-state index contributed by atoms with van der Waals surface area (Å²) < 4.78 is 5.43. The molecule has 0 radical (unpaired) electrons. The molecule has 3 aromatic rings. The summed E-state index contributed by atoms with van der Waals surface area (Å²) in [6, 6.07) is 11.9. The van der Waals surface area contributed by atoms with Gasteiger partial charge in [0.05, 0.1) is 12.8 Å². The molecule has 0 aliphatic carbocycles. The Morgan fingerprint density at radius 2 is 2.00 bits per heavy atom. The fraction of sp³-hybridized carbons (Fsp3) is 0.150. The van der Waals surface area contributed by atoms with E-state index in [1.807, 2.05) is 56.6 Å². The average molecular weight is 318 g/mol. The van der Waals surface area contributed by atoms with Crippen molar-refractivity contribution < 1.29 is 9.53 Å². The third-order valence-corrected chi connectivity index (χ3v) is 4.62. The van der Waals surface area contributed by atoms with Gasteiger partial charge in [0.2, 0.25) is 0 Å². The van der Waals surface area contributed by atoms with Crippen LogP contribution in [0, 0.1) is 6.92 Å². The van der Waals surface area contributed by atoms with Crippen LogP contribution in [-0.2, 0) is 4.79 Å². The number of fused-ring (bicyclic) bond motifs is 2. The van der Waals surface area contributed by atoms with Crippen LogP contribution in [0.3, 0.4) is 0 Å². The molecule has 1 aliphatic heterocycles. The lowest BCUT2D eigenvalue weighted by atomic mass is 10.0. The van der Waals surface area contributed by atoms with Gasteiger partial charge in [-0.3, -0.25) is 4.79 Å². The van der Waals surface area contributed by atoms with Crippen LogP contribution in [-0.4, -0.2) is 25.0 Å². The largest absolute Gasteiger partial charge is 0.496 e. The first-order chi connectivity index (χ1) is 11.6. The molecule has 24 heavy (non-hydrogen) atoms. The number of likely N-dealkylation sites (N-methyl/N-ethyl adjacent to an activating group) is 1. The summed E-state index contributed by atoms with van der Waals surface area (Å²) in [5.74, 6) is 0.863. The highest BCUT2D eigenvalue weighted by Crippen LogP contribution is 2.37. The monoisotopic (exact) mass is 318 g/mol. The maximum absolute atomic E-state index is 12.6. The van der Waals surface area contributed by atoms with Crippen molar-refractivity contribution in [2.45, 2.75) is 6.92 Å². The standard InChI is InChI=1S/C20H18N2O2/c1-12-8-17-15(10-19(12)24-3)13(11-21-17)9-16-14-6-4-5-7-18(14)22(2)20(16)23/h4-11,21H,1-3H3/b16-9-. The molecule has 120 valence electrons. The Labute approximate surface area is 140 Å². The quantitative estimate of drug-likeness (QED) is 0.726. The number of rotatable bonds is 2. The normalized spacial score (nSPS) is 15.4. The van der Waals surface area contributed by atoms with Crippen molar-refractivity contribution in [3.63, 3.8) is 0 Å². The van der Waals surface area contributed by atoms with Crippen LogP contribution in [0.4, 0.5) is 5.69 Å². The SMILES string of the molecule is COc1cc2c(/C=C3\C(=O)N(C)c4ccccc43)c[nH]c2cc1C. The van der Waals surface area contributed by atoms with E-state index in [1.54, 1.807) is 12.0 Å². The highest BCUT2D eigenvalue weighted by atomic mass is 16.5. The number of hydrogen-bond donors (Lipinski definition) is 1. The fourth-order valence-electron chi connectivity index (χ4n) is 3.31. The van der Waals surface area contributed by atoms with Gasteiger partial charge in [0, 0.05) is 40.8 Å². The summed E-state index contributed by atoms with van der Waals surface area (Å²) in [6.45, 7) is 2.02. The third-order valence-electron chi connectivity index (χ3n) is 4.62. The Kier molecular flexibility index (Phi) is 3.20. The number of benzene rings is 2. The van der Waals surface area contributed by atoms with Crippen molar-refractivity contribution in [3.05, 3.63) is 59.3 Å².